The Balaban J connectivity index is 0.00000274. The molecule has 10 heteroatoms. The van der Waals surface area contributed by atoms with Crippen molar-refractivity contribution in [1.82, 2.24) is 24.8 Å². The van der Waals surface area contributed by atoms with E-state index in [-0.39, 0.29) is 12.4 Å². The molecule has 0 amide bonds. The zero-order valence-electron chi connectivity index (χ0n) is 19.0. The number of halogens is 2. The van der Waals surface area contributed by atoms with E-state index in [9.17, 15) is 9.50 Å². The molecule has 0 radical (unpaired) electrons. The van der Waals surface area contributed by atoms with Crippen LogP contribution in [0.4, 0.5) is 21.7 Å². The van der Waals surface area contributed by atoms with Crippen LogP contribution in [0.3, 0.4) is 0 Å². The smallest absolute Gasteiger partial charge is 0.229 e. The Kier molecular flexibility index (Phi) is 6.70. The molecule has 0 bridgehead atoms. The molecule has 3 aromatic heterocycles. The number of nitrogens with zero attached hydrogens (tertiary/aromatic N) is 5. The van der Waals surface area contributed by atoms with Gasteiger partial charge in [0.15, 0.2) is 11.5 Å². The zero-order valence-corrected chi connectivity index (χ0v) is 19.8. The van der Waals surface area contributed by atoms with Crippen LogP contribution in [0.1, 0.15) is 19.5 Å². The number of fused-ring (bicyclic) bond motifs is 1. The number of hydrogen-bond acceptors (Lipinski definition) is 7. The third-order valence-electron chi connectivity index (χ3n) is 5.71. The van der Waals surface area contributed by atoms with Gasteiger partial charge in [-0.15, -0.1) is 12.4 Å². The molecule has 0 atom stereocenters. The van der Waals surface area contributed by atoms with Gasteiger partial charge in [-0.1, -0.05) is 6.07 Å². The summed E-state index contributed by atoms with van der Waals surface area (Å²) in [6.07, 6.45) is 2.80. The van der Waals surface area contributed by atoms with Crippen LogP contribution in [-0.4, -0.2) is 50.8 Å². The molecule has 1 fully saturated rings. The van der Waals surface area contributed by atoms with E-state index in [0.29, 0.717) is 28.5 Å². The van der Waals surface area contributed by atoms with Gasteiger partial charge in [0.2, 0.25) is 5.95 Å². The average molecular weight is 484 g/mol. The number of aromatic nitrogens is 4. The van der Waals surface area contributed by atoms with E-state index in [1.54, 1.807) is 36.6 Å². The molecule has 8 nitrogen and oxygen atoms in total. The first-order valence-electron chi connectivity index (χ1n) is 11.0. The molecule has 1 aliphatic heterocycles. The van der Waals surface area contributed by atoms with E-state index in [2.05, 4.69) is 42.6 Å². The first kappa shape index (κ1) is 23.9. The first-order valence-corrected chi connectivity index (χ1v) is 11.0. The number of benzene rings is 1. The minimum absolute atomic E-state index is 0. The number of anilines is 3. The van der Waals surface area contributed by atoms with Gasteiger partial charge >= 0.3 is 0 Å². The highest BCUT2D eigenvalue weighted by molar-refractivity contribution is 5.85. The summed E-state index contributed by atoms with van der Waals surface area (Å²) in [5.74, 6) is 0.386. The second kappa shape index (κ2) is 9.54. The third-order valence-corrected chi connectivity index (χ3v) is 5.71. The SMILES string of the molecule is CC(C)(O)c1cccc(-n2cc(F)c3cnc(Nc4ccc(N5CCNCC5)cc4)nc32)n1.Cl. The highest BCUT2D eigenvalue weighted by Gasteiger charge is 2.20. The topological polar surface area (TPSA) is 91.1 Å². The molecule has 1 aliphatic rings. The van der Waals surface area contributed by atoms with Crippen molar-refractivity contribution >= 4 is 40.8 Å². The van der Waals surface area contributed by atoms with Gasteiger partial charge < -0.3 is 20.6 Å². The molecule has 1 aromatic carbocycles. The molecule has 4 heterocycles. The lowest BCUT2D eigenvalue weighted by Gasteiger charge is -2.29. The molecule has 0 aliphatic carbocycles. The van der Waals surface area contributed by atoms with Crippen molar-refractivity contribution in [2.24, 2.45) is 0 Å². The fourth-order valence-corrected chi connectivity index (χ4v) is 3.91. The maximum Gasteiger partial charge on any atom is 0.229 e. The molecule has 0 saturated carbocycles. The molecule has 178 valence electrons. The van der Waals surface area contributed by atoms with E-state index in [1.165, 1.54) is 18.1 Å². The molecule has 0 unspecified atom stereocenters. The van der Waals surface area contributed by atoms with Crippen LogP contribution in [0.2, 0.25) is 0 Å². The fourth-order valence-electron chi connectivity index (χ4n) is 3.91. The van der Waals surface area contributed by atoms with Crippen molar-refractivity contribution in [3.05, 3.63) is 66.4 Å². The summed E-state index contributed by atoms with van der Waals surface area (Å²) in [6.45, 7) is 7.25. The summed E-state index contributed by atoms with van der Waals surface area (Å²) in [5.41, 5.74) is 1.78. The Morgan fingerprint density at radius 2 is 1.79 bits per heavy atom. The molecular weight excluding hydrogens is 457 g/mol. The van der Waals surface area contributed by atoms with E-state index >= 15 is 0 Å². The third kappa shape index (κ3) is 4.82. The van der Waals surface area contributed by atoms with E-state index < -0.39 is 11.4 Å². The van der Waals surface area contributed by atoms with Gasteiger partial charge in [-0.25, -0.2) is 14.4 Å². The highest BCUT2D eigenvalue weighted by atomic mass is 35.5. The van der Waals surface area contributed by atoms with Crippen LogP contribution >= 0.6 is 12.4 Å². The maximum atomic E-state index is 14.6. The van der Waals surface area contributed by atoms with Crippen molar-refractivity contribution in [3.63, 3.8) is 0 Å². The molecule has 4 aromatic rings. The van der Waals surface area contributed by atoms with Gasteiger partial charge in [-0.3, -0.25) is 4.57 Å². The normalized spacial score (nSPS) is 14.2. The lowest BCUT2D eigenvalue weighted by atomic mass is 10.1. The second-order valence-electron chi connectivity index (χ2n) is 8.63. The number of rotatable bonds is 5. The number of pyridine rings is 1. The van der Waals surface area contributed by atoms with Crippen molar-refractivity contribution in [1.29, 1.82) is 0 Å². The standard InChI is InChI=1S/C24H26FN7O.ClH/c1-24(2,33)20-4-3-5-21(29-20)32-15-19(25)18-14-27-23(30-22(18)32)28-16-6-8-17(9-7-16)31-12-10-26-11-13-31;/h3-9,14-15,26,33H,10-13H2,1-2H3,(H,27,28,30);1H. The van der Waals surface area contributed by atoms with Crippen LogP contribution in [-0.2, 0) is 5.60 Å². The molecule has 0 spiro atoms. The first-order chi connectivity index (χ1) is 15.9. The summed E-state index contributed by atoms with van der Waals surface area (Å²) in [4.78, 5) is 15.7. The van der Waals surface area contributed by atoms with E-state index in [1.807, 2.05) is 12.1 Å². The summed E-state index contributed by atoms with van der Waals surface area (Å²) in [5, 5.41) is 17.2. The molecular formula is C24H27ClFN7O. The van der Waals surface area contributed by atoms with Gasteiger partial charge in [0.1, 0.15) is 11.4 Å². The van der Waals surface area contributed by atoms with Crippen LogP contribution in [0.5, 0.6) is 0 Å². The molecule has 5 rings (SSSR count). The van der Waals surface area contributed by atoms with E-state index in [0.717, 1.165) is 31.9 Å². The zero-order chi connectivity index (χ0) is 23.0. The van der Waals surface area contributed by atoms with Crippen LogP contribution < -0.4 is 15.5 Å². The van der Waals surface area contributed by atoms with Crippen molar-refractivity contribution < 1.29 is 9.50 Å². The van der Waals surface area contributed by atoms with Gasteiger partial charge in [-0.05, 0) is 50.2 Å². The average Bonchev–Trinajstić information content (AvgIpc) is 3.15. The highest BCUT2D eigenvalue weighted by Crippen LogP contribution is 2.26. The predicted molar refractivity (Wildman–Crippen MR) is 134 cm³/mol. The Hall–Kier alpha value is -3.27. The van der Waals surface area contributed by atoms with Gasteiger partial charge in [0.05, 0.1) is 11.1 Å². The Bertz CT molecular complexity index is 1280. The largest absolute Gasteiger partial charge is 0.384 e. The van der Waals surface area contributed by atoms with E-state index in [4.69, 9.17) is 0 Å². The monoisotopic (exact) mass is 483 g/mol. The van der Waals surface area contributed by atoms with Crippen LogP contribution in [0, 0.1) is 5.82 Å². The number of aliphatic hydroxyl groups is 1. The lowest BCUT2D eigenvalue weighted by molar-refractivity contribution is 0.0738. The molecule has 34 heavy (non-hydrogen) atoms. The van der Waals surface area contributed by atoms with Crippen LogP contribution in [0.25, 0.3) is 16.9 Å². The molecule has 3 N–H and O–H groups in total. The number of hydrogen-bond donors (Lipinski definition) is 3. The van der Waals surface area contributed by atoms with Crippen molar-refractivity contribution in [2.75, 3.05) is 36.4 Å². The van der Waals surface area contributed by atoms with Gasteiger partial charge in [-0.2, -0.15) is 4.98 Å². The Labute approximate surface area is 203 Å². The van der Waals surface area contributed by atoms with Gasteiger partial charge in [0.25, 0.3) is 0 Å². The fraction of sp³-hybridized carbons (Fsp3) is 0.292. The summed E-state index contributed by atoms with van der Waals surface area (Å²) in [6, 6.07) is 13.4. The maximum absolute atomic E-state index is 14.6. The minimum atomic E-state index is -1.11. The van der Waals surface area contributed by atoms with Crippen LogP contribution in [0.15, 0.2) is 54.9 Å². The number of piperazine rings is 1. The number of nitrogens with one attached hydrogen (secondary N) is 2. The van der Waals surface area contributed by atoms with Crippen molar-refractivity contribution in [3.8, 4) is 5.82 Å². The second-order valence-corrected chi connectivity index (χ2v) is 8.63. The summed E-state index contributed by atoms with van der Waals surface area (Å²) < 4.78 is 16.2. The quantitative estimate of drug-likeness (QED) is 0.398. The lowest BCUT2D eigenvalue weighted by Crippen LogP contribution is -2.43. The minimum Gasteiger partial charge on any atom is -0.384 e. The predicted octanol–water partition coefficient (Wildman–Crippen LogP) is 3.76. The molecule has 1 saturated heterocycles. The van der Waals surface area contributed by atoms with Crippen molar-refractivity contribution in [2.45, 2.75) is 19.4 Å². The van der Waals surface area contributed by atoms with Gasteiger partial charge in [0, 0.05) is 49.9 Å². The Morgan fingerprint density at radius 1 is 1.06 bits per heavy atom. The summed E-state index contributed by atoms with van der Waals surface area (Å²) >= 11 is 0. The Morgan fingerprint density at radius 3 is 2.50 bits per heavy atom. The summed E-state index contributed by atoms with van der Waals surface area (Å²) in [7, 11) is 0.